The monoisotopic (exact) mass is 288 g/mol. The maximum absolute atomic E-state index is 13.1. The van der Waals surface area contributed by atoms with E-state index >= 15 is 0 Å². The van der Waals surface area contributed by atoms with Gasteiger partial charge in [-0.05, 0) is 31.2 Å². The number of hydrogen-bond donors (Lipinski definition) is 1. The van der Waals surface area contributed by atoms with Crippen molar-refractivity contribution < 1.29 is 13.6 Å². The van der Waals surface area contributed by atoms with Gasteiger partial charge in [-0.25, -0.2) is 4.39 Å². The minimum atomic E-state index is -0.363. The first kappa shape index (κ1) is 13.3. The molecule has 0 saturated carbocycles. The van der Waals surface area contributed by atoms with Crippen LogP contribution in [0.2, 0.25) is 0 Å². The Morgan fingerprint density at radius 2 is 2.29 bits per heavy atom. The number of amides is 1. The van der Waals surface area contributed by atoms with Crippen LogP contribution in [-0.2, 0) is 6.54 Å². The number of nitrogens with zero attached hydrogens (tertiary/aromatic N) is 3. The molecule has 0 radical (unpaired) electrons. The van der Waals surface area contributed by atoms with E-state index in [1.165, 1.54) is 24.3 Å². The number of carbonyl (C=O) groups excluding carboxylic acids is 1. The number of benzene rings is 1. The molecule has 1 N–H and O–H groups in total. The van der Waals surface area contributed by atoms with Gasteiger partial charge in [0.2, 0.25) is 0 Å². The highest BCUT2D eigenvalue weighted by Crippen LogP contribution is 2.20. The highest BCUT2D eigenvalue weighted by molar-refractivity contribution is 5.96. The number of nitrogens with one attached hydrogen (secondary N) is 1. The largest absolute Gasteiger partial charge is 0.451 e. The summed E-state index contributed by atoms with van der Waals surface area (Å²) in [6.45, 7) is 2.82. The van der Waals surface area contributed by atoms with Gasteiger partial charge >= 0.3 is 0 Å². The van der Waals surface area contributed by atoms with E-state index in [1.807, 2.05) is 11.5 Å². The van der Waals surface area contributed by atoms with Gasteiger partial charge in [0.15, 0.2) is 5.76 Å². The zero-order valence-corrected chi connectivity index (χ0v) is 11.3. The van der Waals surface area contributed by atoms with E-state index in [9.17, 15) is 9.18 Å². The van der Waals surface area contributed by atoms with Gasteiger partial charge in [-0.1, -0.05) is 0 Å². The molecule has 0 spiro atoms. The molecule has 108 valence electrons. The number of fused-ring (bicyclic) bond motifs is 1. The molecule has 7 heteroatoms. The fraction of sp³-hybridized carbons (Fsp3) is 0.214. The van der Waals surface area contributed by atoms with Gasteiger partial charge in [0.1, 0.15) is 23.6 Å². The van der Waals surface area contributed by atoms with Crippen LogP contribution in [0.1, 0.15) is 16.4 Å². The maximum Gasteiger partial charge on any atom is 0.287 e. The third-order valence-corrected chi connectivity index (χ3v) is 3.15. The molecule has 0 atom stereocenters. The molecule has 3 rings (SSSR count). The molecular weight excluding hydrogens is 275 g/mol. The van der Waals surface area contributed by atoms with Gasteiger partial charge in [-0.3, -0.25) is 4.79 Å². The van der Waals surface area contributed by atoms with Crippen molar-refractivity contribution in [2.75, 3.05) is 6.54 Å². The average Bonchev–Trinajstić information content (AvgIpc) is 3.05. The minimum Gasteiger partial charge on any atom is -0.451 e. The molecule has 1 aromatic carbocycles. The van der Waals surface area contributed by atoms with Crippen LogP contribution in [0.15, 0.2) is 35.0 Å². The minimum absolute atomic E-state index is 0.163. The van der Waals surface area contributed by atoms with Crippen molar-refractivity contribution in [2.45, 2.75) is 13.5 Å². The molecular formula is C14H13FN4O2. The van der Waals surface area contributed by atoms with Gasteiger partial charge in [0.05, 0.1) is 0 Å². The molecule has 0 aliphatic carbocycles. The summed E-state index contributed by atoms with van der Waals surface area (Å²) in [6.07, 6.45) is 1.60. The first-order valence-electron chi connectivity index (χ1n) is 6.45. The van der Waals surface area contributed by atoms with E-state index in [2.05, 4.69) is 15.5 Å². The summed E-state index contributed by atoms with van der Waals surface area (Å²) in [6, 6.07) is 5.65. The molecule has 2 heterocycles. The van der Waals surface area contributed by atoms with Gasteiger partial charge in [-0.2, -0.15) is 0 Å². The average molecular weight is 288 g/mol. The Balaban J connectivity index is 1.65. The van der Waals surface area contributed by atoms with Crippen LogP contribution in [0.4, 0.5) is 4.39 Å². The molecule has 0 unspecified atom stereocenters. The van der Waals surface area contributed by atoms with E-state index < -0.39 is 0 Å². The Bertz CT molecular complexity index is 793. The zero-order chi connectivity index (χ0) is 14.8. The predicted octanol–water partition coefficient (Wildman–Crippen LogP) is 1.90. The van der Waals surface area contributed by atoms with Crippen molar-refractivity contribution in [2.24, 2.45) is 0 Å². The van der Waals surface area contributed by atoms with Crippen molar-refractivity contribution >= 4 is 16.9 Å². The molecule has 3 aromatic rings. The lowest BCUT2D eigenvalue weighted by atomic mass is 10.2. The summed E-state index contributed by atoms with van der Waals surface area (Å²) in [4.78, 5) is 12.0. The fourth-order valence-electron chi connectivity index (χ4n) is 2.04. The third kappa shape index (κ3) is 2.76. The molecule has 0 fully saturated rings. The SMILES string of the molecule is Cc1nncn1CCNC(=O)c1cc2cc(F)ccc2o1. The van der Waals surface area contributed by atoms with E-state index in [1.54, 1.807) is 6.33 Å². The molecule has 0 aliphatic heterocycles. The van der Waals surface area contributed by atoms with Crippen molar-refractivity contribution in [3.63, 3.8) is 0 Å². The van der Waals surface area contributed by atoms with Crippen molar-refractivity contribution in [1.29, 1.82) is 0 Å². The van der Waals surface area contributed by atoms with Crippen molar-refractivity contribution in [3.8, 4) is 0 Å². The number of carbonyl (C=O) groups is 1. The molecule has 6 nitrogen and oxygen atoms in total. The van der Waals surface area contributed by atoms with Gasteiger partial charge in [0, 0.05) is 18.5 Å². The molecule has 2 aromatic heterocycles. The fourth-order valence-corrected chi connectivity index (χ4v) is 2.04. The Labute approximate surface area is 119 Å². The number of halogens is 1. The number of rotatable bonds is 4. The van der Waals surface area contributed by atoms with Crippen LogP contribution in [0.25, 0.3) is 11.0 Å². The first-order valence-corrected chi connectivity index (χ1v) is 6.45. The Hall–Kier alpha value is -2.70. The van der Waals surface area contributed by atoms with Crippen LogP contribution in [0, 0.1) is 12.7 Å². The second-order valence-corrected chi connectivity index (χ2v) is 4.62. The Morgan fingerprint density at radius 1 is 1.43 bits per heavy atom. The summed E-state index contributed by atoms with van der Waals surface area (Å²) < 4.78 is 20.3. The number of aromatic nitrogens is 3. The van der Waals surface area contributed by atoms with Crippen LogP contribution in [0.5, 0.6) is 0 Å². The summed E-state index contributed by atoms with van der Waals surface area (Å²) in [5, 5.41) is 10.9. The van der Waals surface area contributed by atoms with Crippen LogP contribution in [-0.4, -0.2) is 27.2 Å². The quantitative estimate of drug-likeness (QED) is 0.796. The first-order chi connectivity index (χ1) is 10.1. The smallest absolute Gasteiger partial charge is 0.287 e. The molecule has 0 aliphatic rings. The Morgan fingerprint density at radius 3 is 3.05 bits per heavy atom. The van der Waals surface area contributed by atoms with E-state index in [0.717, 1.165) is 5.82 Å². The number of furan rings is 1. The van der Waals surface area contributed by atoms with E-state index in [0.29, 0.717) is 24.1 Å². The molecule has 1 amide bonds. The second-order valence-electron chi connectivity index (χ2n) is 4.62. The third-order valence-electron chi connectivity index (χ3n) is 3.15. The lowest BCUT2D eigenvalue weighted by molar-refractivity contribution is 0.0926. The summed E-state index contributed by atoms with van der Waals surface area (Å²) >= 11 is 0. The highest BCUT2D eigenvalue weighted by Gasteiger charge is 2.12. The number of aryl methyl sites for hydroxylation is 1. The summed E-state index contributed by atoms with van der Waals surface area (Å²) in [5.41, 5.74) is 0.483. The van der Waals surface area contributed by atoms with Gasteiger partial charge in [-0.15, -0.1) is 10.2 Å². The summed E-state index contributed by atoms with van der Waals surface area (Å²) in [5.74, 6) is 0.246. The predicted molar refractivity (Wildman–Crippen MR) is 73.3 cm³/mol. The number of hydrogen-bond acceptors (Lipinski definition) is 4. The normalized spacial score (nSPS) is 11.0. The maximum atomic E-state index is 13.1. The van der Waals surface area contributed by atoms with E-state index in [4.69, 9.17) is 4.42 Å². The van der Waals surface area contributed by atoms with Crippen molar-refractivity contribution in [3.05, 3.63) is 48.0 Å². The van der Waals surface area contributed by atoms with Crippen LogP contribution < -0.4 is 5.32 Å². The second kappa shape index (κ2) is 5.35. The van der Waals surface area contributed by atoms with Crippen LogP contribution in [0.3, 0.4) is 0 Å². The zero-order valence-electron chi connectivity index (χ0n) is 11.3. The molecule has 21 heavy (non-hydrogen) atoms. The van der Waals surface area contributed by atoms with Crippen molar-refractivity contribution in [1.82, 2.24) is 20.1 Å². The topological polar surface area (TPSA) is 73.0 Å². The lowest BCUT2D eigenvalue weighted by Crippen LogP contribution is -2.27. The standard InChI is InChI=1S/C14H13FN4O2/c1-9-18-17-8-19(9)5-4-16-14(20)13-7-10-6-11(15)2-3-12(10)21-13/h2-3,6-8H,4-5H2,1H3,(H,16,20). The lowest BCUT2D eigenvalue weighted by Gasteiger charge is -2.04. The molecule has 0 bridgehead atoms. The van der Waals surface area contributed by atoms with E-state index in [-0.39, 0.29) is 17.5 Å². The molecule has 0 saturated heterocycles. The van der Waals surface area contributed by atoms with Gasteiger partial charge < -0.3 is 14.3 Å². The summed E-state index contributed by atoms with van der Waals surface area (Å²) in [7, 11) is 0. The highest BCUT2D eigenvalue weighted by atomic mass is 19.1. The van der Waals surface area contributed by atoms with Gasteiger partial charge in [0.25, 0.3) is 5.91 Å². The Kier molecular flexibility index (Phi) is 3.39. The van der Waals surface area contributed by atoms with Crippen LogP contribution >= 0.6 is 0 Å².